The molecule has 0 saturated carbocycles. The molecule has 5 atom stereocenters. The van der Waals surface area contributed by atoms with Gasteiger partial charge in [-0.3, -0.25) is 48.1 Å². The van der Waals surface area contributed by atoms with Crippen LogP contribution in [-0.4, -0.2) is 144 Å². The number of ketones is 4. The van der Waals surface area contributed by atoms with Crippen LogP contribution in [-0.2, 0) is 43.2 Å². The van der Waals surface area contributed by atoms with E-state index < -0.39 is 77.0 Å². The summed E-state index contributed by atoms with van der Waals surface area (Å²) in [5, 5.41) is 11.2. The lowest BCUT2D eigenvalue weighted by atomic mass is 9.91. The van der Waals surface area contributed by atoms with Crippen LogP contribution in [0.25, 0.3) is 0 Å². The third-order valence-corrected chi connectivity index (χ3v) is 14.5. The van der Waals surface area contributed by atoms with Gasteiger partial charge >= 0.3 is 0 Å². The molecule has 0 saturated heterocycles. The number of methoxy groups -OCH3 is 4. The molecule has 0 unspecified atom stereocenters. The summed E-state index contributed by atoms with van der Waals surface area (Å²) in [6.45, 7) is 1.14. The highest BCUT2D eigenvalue weighted by atomic mass is 16.5. The number of amides is 5. The maximum Gasteiger partial charge on any atom is 0.255 e. The quantitative estimate of drug-likeness (QED) is 0.0170. The third-order valence-electron chi connectivity index (χ3n) is 14.5. The number of carbonyl (C=O) groups is 9. The smallest absolute Gasteiger partial charge is 0.255 e. The minimum atomic E-state index is -1.10. The molecule has 0 radical (unpaired) electrons. The molecule has 0 fully saturated rings. The van der Waals surface area contributed by atoms with E-state index in [1.807, 2.05) is 0 Å². The number of Topliss-reactive ketones (excluding diaryl/α,β-unsaturated/α-hetero) is 4. The van der Waals surface area contributed by atoms with E-state index in [1.54, 1.807) is 24.3 Å². The van der Waals surface area contributed by atoms with Gasteiger partial charge in [0, 0.05) is 43.8 Å². The van der Waals surface area contributed by atoms with Crippen LogP contribution in [0.2, 0.25) is 0 Å². The van der Waals surface area contributed by atoms with E-state index >= 15 is 0 Å². The molecule has 4 aromatic carbocycles. The summed E-state index contributed by atoms with van der Waals surface area (Å²) < 4.78 is 21.8. The van der Waals surface area contributed by atoms with Crippen molar-refractivity contribution in [1.29, 1.82) is 0 Å². The van der Waals surface area contributed by atoms with Gasteiger partial charge in [-0.05, 0) is 162 Å². The Labute approximate surface area is 512 Å². The van der Waals surface area contributed by atoms with E-state index in [4.69, 9.17) is 64.8 Å². The van der Waals surface area contributed by atoms with Crippen LogP contribution in [0.15, 0.2) is 77.8 Å². The molecular weight excluding hydrogens is 1130 g/mol. The highest BCUT2D eigenvalue weighted by molar-refractivity contribution is 6.04. The van der Waals surface area contributed by atoms with Gasteiger partial charge in [0.1, 0.15) is 23.0 Å². The Hall–Kier alpha value is -8.82. The van der Waals surface area contributed by atoms with Gasteiger partial charge in [-0.2, -0.15) is 0 Å². The van der Waals surface area contributed by atoms with Crippen LogP contribution in [0, 0.1) is 5.92 Å². The average Bonchev–Trinajstić information content (AvgIpc) is 2.68. The van der Waals surface area contributed by atoms with Crippen LogP contribution in [0.5, 0.6) is 23.0 Å². The number of nitrogens with one attached hydrogen (secondary N) is 4. The molecular formula is C62H87N13O13. The standard InChI is InChI=1S/C62H87N13O13/c1-85-53-22-18-40(35-41(53)57(68)80)72-58(81)39(10-5-23-63)34-52(79)47(13-8-26-66)74-60(83)44-29-37(16-20-56(44)88-4)32-50(77)46(12-7-25-65)73-59(82)43-30-38(17-21-55(43)87-3)33-51(78)48(14-9-27-71-62(69)70)75-61(84)42-28-36(15-19-54(42)86-2)31-49(76)45(67)11-6-24-64/h15-22,28-30,35,39,45-48H,5-14,23-27,31-34,63-67H2,1-4H3,(H2,68,80)(H,72,81)(H,73,82)(H,74,83)(H,75,84)(H4,69,70,71)/t39-,45+,46+,47+,48+/m0/s1. The zero-order chi connectivity index (χ0) is 64.9. The maximum absolute atomic E-state index is 14.3. The number of hydrogen-bond acceptors (Lipinski definition) is 19. The third kappa shape index (κ3) is 22.2. The molecule has 0 aliphatic rings. The lowest BCUT2D eigenvalue weighted by Crippen LogP contribution is -2.43. The monoisotopic (exact) mass is 1220 g/mol. The number of benzene rings is 4. The number of ether oxygens (including phenoxy) is 4. The van der Waals surface area contributed by atoms with E-state index in [9.17, 15) is 43.2 Å². The predicted molar refractivity (Wildman–Crippen MR) is 333 cm³/mol. The predicted octanol–water partition coefficient (Wildman–Crippen LogP) is 1.40. The van der Waals surface area contributed by atoms with E-state index in [0.717, 1.165) is 0 Å². The van der Waals surface area contributed by atoms with Crippen LogP contribution in [0.1, 0.15) is 129 Å². The van der Waals surface area contributed by atoms with E-state index in [1.165, 1.54) is 77.0 Å². The van der Waals surface area contributed by atoms with Crippen molar-refractivity contribution in [2.75, 3.05) is 66.5 Å². The first kappa shape index (κ1) is 71.7. The average molecular weight is 1220 g/mol. The molecule has 26 heteroatoms. The molecule has 4 rings (SSSR count). The molecule has 4 aromatic rings. The number of rotatable bonds is 41. The highest BCUT2D eigenvalue weighted by Crippen LogP contribution is 2.27. The molecule has 0 aliphatic heterocycles. The minimum Gasteiger partial charge on any atom is -0.496 e. The number of anilines is 1. The number of aliphatic imine (C=N–C) groups is 1. The second-order valence-electron chi connectivity index (χ2n) is 21.0. The molecule has 26 nitrogen and oxygen atoms in total. The summed E-state index contributed by atoms with van der Waals surface area (Å²) in [4.78, 5) is 128. The van der Waals surface area contributed by atoms with Crippen molar-refractivity contribution in [3.05, 3.63) is 112 Å². The fourth-order valence-corrected chi connectivity index (χ4v) is 9.70. The van der Waals surface area contributed by atoms with Gasteiger partial charge in [-0.1, -0.05) is 18.2 Å². The normalized spacial score (nSPS) is 12.6. The van der Waals surface area contributed by atoms with E-state index in [2.05, 4.69) is 26.3 Å². The highest BCUT2D eigenvalue weighted by Gasteiger charge is 2.31. The van der Waals surface area contributed by atoms with E-state index in [0.29, 0.717) is 55.3 Å². The summed E-state index contributed by atoms with van der Waals surface area (Å²) in [6.07, 6.45) is 2.04. The number of nitrogens with zero attached hydrogens (tertiary/aromatic N) is 1. The van der Waals surface area contributed by atoms with Gasteiger partial charge in [0.25, 0.3) is 23.6 Å². The summed E-state index contributed by atoms with van der Waals surface area (Å²) >= 11 is 0. The minimum absolute atomic E-state index is 0.00459. The maximum atomic E-state index is 14.3. The summed E-state index contributed by atoms with van der Waals surface area (Å²) in [6, 6.07) is 14.1. The van der Waals surface area contributed by atoms with Crippen LogP contribution < -0.4 is 86.1 Å². The van der Waals surface area contributed by atoms with Crippen molar-refractivity contribution in [2.45, 2.75) is 114 Å². The molecule has 0 spiro atoms. The van der Waals surface area contributed by atoms with Gasteiger partial charge in [0.2, 0.25) is 5.91 Å². The number of guanidine groups is 1. The van der Waals surface area contributed by atoms with Crippen molar-refractivity contribution >= 4 is 64.3 Å². The van der Waals surface area contributed by atoms with Crippen molar-refractivity contribution < 1.29 is 62.1 Å². The number of carbonyl (C=O) groups excluding carboxylic acids is 9. The van der Waals surface area contributed by atoms with E-state index in [-0.39, 0.29) is 147 Å². The summed E-state index contributed by atoms with van der Waals surface area (Å²) in [5.74, 6) is -5.34. The lowest BCUT2D eigenvalue weighted by molar-refractivity contribution is -0.127. The number of primary amides is 1. The van der Waals surface area contributed by atoms with Crippen LogP contribution in [0.4, 0.5) is 5.69 Å². The zero-order valence-corrected chi connectivity index (χ0v) is 50.6. The van der Waals surface area contributed by atoms with Crippen molar-refractivity contribution in [1.82, 2.24) is 16.0 Å². The van der Waals surface area contributed by atoms with Crippen molar-refractivity contribution in [2.24, 2.45) is 56.8 Å². The first-order valence-electron chi connectivity index (χ1n) is 29.1. The topological polar surface area (TPSA) is 459 Å². The van der Waals surface area contributed by atoms with Gasteiger partial charge < -0.3 is 86.1 Å². The Balaban J connectivity index is 1.55. The molecule has 0 aliphatic carbocycles. The fourth-order valence-electron chi connectivity index (χ4n) is 9.70. The Kier molecular flexibility index (Phi) is 30.1. The lowest BCUT2D eigenvalue weighted by Gasteiger charge is -2.22. The Morgan fingerprint density at radius 2 is 0.830 bits per heavy atom. The number of hydrogen-bond donors (Lipinski definition) is 12. The van der Waals surface area contributed by atoms with Crippen LogP contribution >= 0.6 is 0 Å². The summed E-state index contributed by atoms with van der Waals surface area (Å²) in [7, 11) is 5.46. The van der Waals surface area contributed by atoms with Crippen LogP contribution in [0.3, 0.4) is 0 Å². The SMILES string of the molecule is COc1ccc(NC(=O)[C@@H](CCCN)CC(=O)[C@@H](CCCN)NC(=O)c2cc(CC(=O)[C@@H](CCCN)NC(=O)c3cc(CC(=O)[C@@H](CCCN=C(N)N)NC(=O)c4cc(CC(=O)[C@H](N)CCCN)ccc4OC)ccc3OC)ccc2OC)cc1C(N)=O. The molecule has 0 aromatic heterocycles. The Bertz CT molecular complexity index is 3100. The fraction of sp³-hybridized carbons (Fsp3) is 0.452. The Morgan fingerprint density at radius 3 is 1.24 bits per heavy atom. The molecule has 478 valence electrons. The zero-order valence-electron chi connectivity index (χ0n) is 50.6. The molecule has 0 bridgehead atoms. The van der Waals surface area contributed by atoms with Gasteiger partial charge in [0.15, 0.2) is 29.1 Å². The first-order valence-corrected chi connectivity index (χ1v) is 29.1. The number of nitrogens with two attached hydrogens (primary N) is 8. The first-order chi connectivity index (χ1) is 42.1. The molecule has 5 amide bonds. The summed E-state index contributed by atoms with van der Waals surface area (Å²) in [5.41, 5.74) is 47.5. The second kappa shape index (κ2) is 37.0. The van der Waals surface area contributed by atoms with Crippen molar-refractivity contribution in [3.8, 4) is 23.0 Å². The van der Waals surface area contributed by atoms with Crippen molar-refractivity contribution in [3.63, 3.8) is 0 Å². The molecule has 88 heavy (non-hydrogen) atoms. The van der Waals surface area contributed by atoms with Gasteiger partial charge in [-0.15, -0.1) is 0 Å². The van der Waals surface area contributed by atoms with Gasteiger partial charge in [-0.25, -0.2) is 0 Å². The Morgan fingerprint density at radius 1 is 0.455 bits per heavy atom. The molecule has 0 heterocycles. The molecule has 20 N–H and O–H groups in total. The van der Waals surface area contributed by atoms with Gasteiger partial charge in [0.05, 0.1) is 74.9 Å². The largest absolute Gasteiger partial charge is 0.496 e. The second-order valence-corrected chi connectivity index (χ2v) is 21.0.